The van der Waals surface area contributed by atoms with E-state index >= 15 is 0 Å². The summed E-state index contributed by atoms with van der Waals surface area (Å²) >= 11 is 0. The predicted molar refractivity (Wildman–Crippen MR) is 52.3 cm³/mol. The van der Waals surface area contributed by atoms with Crippen molar-refractivity contribution in [3.05, 3.63) is 39.4 Å². The highest BCUT2D eigenvalue weighted by atomic mass is 16.6. The first kappa shape index (κ1) is 11.1. The van der Waals surface area contributed by atoms with Crippen LogP contribution in [0.3, 0.4) is 0 Å². The summed E-state index contributed by atoms with van der Waals surface area (Å²) in [5, 5.41) is 10.7. The minimum Gasteiger partial charge on any atom is -0.465 e. The summed E-state index contributed by atoms with van der Waals surface area (Å²) < 4.78 is 4.47. The van der Waals surface area contributed by atoms with Gasteiger partial charge < -0.3 is 10.5 Å². The third-order valence-corrected chi connectivity index (χ3v) is 1.93. The second kappa shape index (κ2) is 4.52. The molecule has 0 radical (unpaired) electrons. The van der Waals surface area contributed by atoms with Crippen LogP contribution >= 0.6 is 0 Å². The molecular formula is C9H10N2O4. The summed E-state index contributed by atoms with van der Waals surface area (Å²) in [6, 6.07) is 4.28. The van der Waals surface area contributed by atoms with E-state index in [1.54, 1.807) is 6.07 Å². The van der Waals surface area contributed by atoms with Gasteiger partial charge in [-0.2, -0.15) is 0 Å². The van der Waals surface area contributed by atoms with Crippen molar-refractivity contribution in [2.45, 2.75) is 6.54 Å². The molecule has 0 atom stereocenters. The van der Waals surface area contributed by atoms with Crippen molar-refractivity contribution in [1.82, 2.24) is 0 Å². The maximum absolute atomic E-state index is 11.3. The number of hydrogen-bond acceptors (Lipinski definition) is 5. The standard InChI is InChI=1S/C9H10N2O4/c1-15-9(12)8-6(5-10)3-2-4-7(8)11(13)14/h2-4H,5,10H2,1H3. The minimum absolute atomic E-state index is 0.0477. The first-order chi connectivity index (χ1) is 7.11. The van der Waals surface area contributed by atoms with Gasteiger partial charge in [0.2, 0.25) is 0 Å². The van der Waals surface area contributed by atoms with Gasteiger partial charge in [0, 0.05) is 12.6 Å². The zero-order chi connectivity index (χ0) is 11.4. The molecule has 1 aromatic carbocycles. The molecule has 6 heteroatoms. The maximum Gasteiger partial charge on any atom is 0.345 e. The molecule has 0 aliphatic carbocycles. The number of carbonyl (C=O) groups excluding carboxylic acids is 1. The Balaban J connectivity index is 3.40. The molecule has 0 aliphatic rings. The molecule has 0 spiro atoms. The van der Waals surface area contributed by atoms with Gasteiger partial charge in [-0.05, 0) is 5.56 Å². The zero-order valence-electron chi connectivity index (χ0n) is 8.10. The van der Waals surface area contributed by atoms with Crippen LogP contribution in [0.25, 0.3) is 0 Å². The Morgan fingerprint density at radius 2 is 2.27 bits per heavy atom. The number of nitro groups is 1. The summed E-state index contributed by atoms with van der Waals surface area (Å²) in [5.74, 6) is -0.747. The number of esters is 1. The van der Waals surface area contributed by atoms with E-state index in [9.17, 15) is 14.9 Å². The Morgan fingerprint density at radius 3 is 2.73 bits per heavy atom. The summed E-state index contributed by atoms with van der Waals surface area (Å²) in [7, 11) is 1.17. The highest BCUT2D eigenvalue weighted by molar-refractivity contribution is 5.95. The maximum atomic E-state index is 11.3. The summed E-state index contributed by atoms with van der Waals surface area (Å²) in [6.07, 6.45) is 0. The van der Waals surface area contributed by atoms with Gasteiger partial charge in [0.15, 0.2) is 0 Å². The SMILES string of the molecule is COC(=O)c1c(CN)cccc1[N+](=O)[O-]. The molecule has 0 aromatic heterocycles. The van der Waals surface area contributed by atoms with E-state index in [0.29, 0.717) is 5.56 Å². The van der Waals surface area contributed by atoms with Gasteiger partial charge >= 0.3 is 5.97 Å². The fraction of sp³-hybridized carbons (Fsp3) is 0.222. The number of nitrogens with two attached hydrogens (primary N) is 1. The van der Waals surface area contributed by atoms with E-state index in [4.69, 9.17) is 5.73 Å². The molecule has 0 heterocycles. The largest absolute Gasteiger partial charge is 0.465 e. The molecule has 0 unspecified atom stereocenters. The molecule has 80 valence electrons. The van der Waals surface area contributed by atoms with Crippen molar-refractivity contribution >= 4 is 11.7 Å². The third kappa shape index (κ3) is 2.10. The molecule has 0 bridgehead atoms. The smallest absolute Gasteiger partial charge is 0.345 e. The van der Waals surface area contributed by atoms with Crippen molar-refractivity contribution in [1.29, 1.82) is 0 Å². The van der Waals surface area contributed by atoms with Crippen LogP contribution in [0.4, 0.5) is 5.69 Å². The Bertz CT molecular complexity index is 403. The first-order valence-electron chi connectivity index (χ1n) is 4.16. The molecule has 0 saturated heterocycles. The molecule has 0 amide bonds. The Morgan fingerprint density at radius 1 is 1.60 bits per heavy atom. The van der Waals surface area contributed by atoms with Crippen molar-refractivity contribution in [3.8, 4) is 0 Å². The Labute approximate surface area is 85.8 Å². The van der Waals surface area contributed by atoms with E-state index in [1.165, 1.54) is 19.2 Å². The van der Waals surface area contributed by atoms with Crippen molar-refractivity contribution in [2.75, 3.05) is 7.11 Å². The van der Waals surface area contributed by atoms with E-state index in [2.05, 4.69) is 4.74 Å². The second-order valence-electron chi connectivity index (χ2n) is 2.76. The summed E-state index contributed by atoms with van der Waals surface area (Å²) in [6.45, 7) is 0.0477. The molecule has 15 heavy (non-hydrogen) atoms. The lowest BCUT2D eigenvalue weighted by Crippen LogP contribution is -2.11. The van der Waals surface area contributed by atoms with Crippen LogP contribution in [0.15, 0.2) is 18.2 Å². The fourth-order valence-electron chi connectivity index (χ4n) is 1.25. The van der Waals surface area contributed by atoms with Crippen molar-refractivity contribution < 1.29 is 14.5 Å². The van der Waals surface area contributed by atoms with Crippen LogP contribution in [0.5, 0.6) is 0 Å². The molecule has 0 fully saturated rings. The summed E-state index contributed by atoms with van der Waals surface area (Å²) in [4.78, 5) is 21.4. The highest BCUT2D eigenvalue weighted by Crippen LogP contribution is 2.22. The van der Waals surface area contributed by atoms with Gasteiger partial charge in [-0.1, -0.05) is 12.1 Å². The lowest BCUT2D eigenvalue weighted by Gasteiger charge is -2.05. The van der Waals surface area contributed by atoms with Gasteiger partial charge in [-0.3, -0.25) is 10.1 Å². The lowest BCUT2D eigenvalue weighted by molar-refractivity contribution is -0.385. The molecule has 0 saturated carbocycles. The van der Waals surface area contributed by atoms with E-state index in [1.807, 2.05) is 0 Å². The molecule has 0 aliphatic heterocycles. The molecule has 2 N–H and O–H groups in total. The van der Waals surface area contributed by atoms with Gasteiger partial charge in [-0.25, -0.2) is 4.79 Å². The van der Waals surface area contributed by atoms with Crippen LogP contribution in [-0.2, 0) is 11.3 Å². The third-order valence-electron chi connectivity index (χ3n) is 1.93. The van der Waals surface area contributed by atoms with Crippen molar-refractivity contribution in [2.24, 2.45) is 5.73 Å². The number of ether oxygens (including phenoxy) is 1. The van der Waals surface area contributed by atoms with Gasteiger partial charge in [-0.15, -0.1) is 0 Å². The van der Waals surface area contributed by atoms with Crippen LogP contribution in [0, 0.1) is 10.1 Å². The number of methoxy groups -OCH3 is 1. The number of nitro benzene ring substituents is 1. The van der Waals surface area contributed by atoms with Gasteiger partial charge in [0.25, 0.3) is 5.69 Å². The minimum atomic E-state index is -0.747. The zero-order valence-corrected chi connectivity index (χ0v) is 8.10. The average molecular weight is 210 g/mol. The summed E-state index contributed by atoms with van der Waals surface area (Å²) in [5.41, 5.74) is 5.42. The van der Waals surface area contributed by atoms with Crippen LogP contribution < -0.4 is 5.73 Å². The normalized spacial score (nSPS) is 9.73. The average Bonchev–Trinajstić information content (AvgIpc) is 2.26. The number of nitrogens with zero attached hydrogens (tertiary/aromatic N) is 1. The quantitative estimate of drug-likeness (QED) is 0.453. The number of carbonyl (C=O) groups is 1. The Hall–Kier alpha value is -1.95. The number of benzene rings is 1. The number of hydrogen-bond donors (Lipinski definition) is 1. The van der Waals surface area contributed by atoms with Crippen LogP contribution in [-0.4, -0.2) is 18.0 Å². The lowest BCUT2D eigenvalue weighted by atomic mass is 10.1. The monoisotopic (exact) mass is 210 g/mol. The fourth-order valence-corrected chi connectivity index (χ4v) is 1.25. The molecule has 1 rings (SSSR count). The Kier molecular flexibility index (Phi) is 3.35. The highest BCUT2D eigenvalue weighted by Gasteiger charge is 2.23. The van der Waals surface area contributed by atoms with Crippen LogP contribution in [0.2, 0.25) is 0 Å². The van der Waals surface area contributed by atoms with Crippen LogP contribution in [0.1, 0.15) is 15.9 Å². The van der Waals surface area contributed by atoms with E-state index in [0.717, 1.165) is 0 Å². The first-order valence-corrected chi connectivity index (χ1v) is 4.16. The van der Waals surface area contributed by atoms with E-state index < -0.39 is 10.9 Å². The molecule has 6 nitrogen and oxygen atoms in total. The topological polar surface area (TPSA) is 95.5 Å². The van der Waals surface area contributed by atoms with E-state index in [-0.39, 0.29) is 17.8 Å². The number of rotatable bonds is 3. The molecule has 1 aromatic rings. The predicted octanol–water partition coefficient (Wildman–Crippen LogP) is 0.840. The van der Waals surface area contributed by atoms with Gasteiger partial charge in [0.05, 0.1) is 12.0 Å². The van der Waals surface area contributed by atoms with Gasteiger partial charge in [0.1, 0.15) is 5.56 Å². The van der Waals surface area contributed by atoms with Crippen molar-refractivity contribution in [3.63, 3.8) is 0 Å². The molecular weight excluding hydrogens is 200 g/mol. The second-order valence-corrected chi connectivity index (χ2v) is 2.76.